The largest absolute Gasteiger partial charge is 0.361 e. The van der Waals surface area contributed by atoms with Gasteiger partial charge in [-0.1, -0.05) is 35.5 Å². The third-order valence-electron chi connectivity index (χ3n) is 6.08. The second kappa shape index (κ2) is 7.85. The first-order chi connectivity index (χ1) is 13.1. The molecule has 27 heavy (non-hydrogen) atoms. The molecule has 3 aliphatic rings. The SMILES string of the molecule is Cc1noc(C)c1C(=O)N1C[C@H]2CC[C@@H]1CN(CCCc1ccccc1)C2. The number of hydrogen-bond donors (Lipinski definition) is 0. The van der Waals surface area contributed by atoms with Gasteiger partial charge in [-0.05, 0) is 57.6 Å². The Hall–Kier alpha value is -2.14. The van der Waals surface area contributed by atoms with Crippen LogP contribution < -0.4 is 0 Å². The first kappa shape index (κ1) is 18.2. The fourth-order valence-corrected chi connectivity index (χ4v) is 4.69. The maximum absolute atomic E-state index is 13.2. The van der Waals surface area contributed by atoms with Crippen molar-refractivity contribution in [2.75, 3.05) is 26.2 Å². The second-order valence-electron chi connectivity index (χ2n) is 8.10. The number of carbonyl (C=O) groups is 1. The summed E-state index contributed by atoms with van der Waals surface area (Å²) in [7, 11) is 0. The summed E-state index contributed by atoms with van der Waals surface area (Å²) < 4.78 is 5.23. The Morgan fingerprint density at radius 3 is 2.70 bits per heavy atom. The number of benzene rings is 1. The Morgan fingerprint density at radius 2 is 1.96 bits per heavy atom. The molecule has 1 aromatic carbocycles. The molecular formula is C22H29N3O2. The van der Waals surface area contributed by atoms with Gasteiger partial charge in [0, 0.05) is 25.7 Å². The van der Waals surface area contributed by atoms with Crippen molar-refractivity contribution in [2.45, 2.75) is 45.6 Å². The van der Waals surface area contributed by atoms with Crippen molar-refractivity contribution in [3.8, 4) is 0 Å². The van der Waals surface area contributed by atoms with Crippen LogP contribution in [0, 0.1) is 19.8 Å². The first-order valence-corrected chi connectivity index (χ1v) is 10.1. The zero-order valence-electron chi connectivity index (χ0n) is 16.4. The van der Waals surface area contributed by atoms with Crippen LogP contribution >= 0.6 is 0 Å². The van der Waals surface area contributed by atoms with Gasteiger partial charge in [-0.2, -0.15) is 0 Å². The average Bonchev–Trinajstić information content (AvgIpc) is 2.84. The fourth-order valence-electron chi connectivity index (χ4n) is 4.69. The molecule has 0 N–H and O–H groups in total. The fraction of sp³-hybridized carbons (Fsp3) is 0.545. The highest BCUT2D eigenvalue weighted by Gasteiger charge is 2.38. The molecule has 4 heterocycles. The van der Waals surface area contributed by atoms with Crippen LogP contribution in [-0.2, 0) is 6.42 Å². The molecule has 1 amide bonds. The number of carbonyl (C=O) groups excluding carboxylic acids is 1. The monoisotopic (exact) mass is 367 g/mol. The lowest BCUT2D eigenvalue weighted by Crippen LogP contribution is -2.47. The molecule has 0 aliphatic carbocycles. The van der Waals surface area contributed by atoms with Gasteiger partial charge in [-0.15, -0.1) is 0 Å². The summed E-state index contributed by atoms with van der Waals surface area (Å²) in [6, 6.07) is 11.0. The molecule has 5 heteroatoms. The number of fused-ring (bicyclic) bond motifs is 4. The van der Waals surface area contributed by atoms with Crippen LogP contribution in [0.25, 0.3) is 0 Å². The van der Waals surface area contributed by atoms with Crippen molar-refractivity contribution in [3.63, 3.8) is 0 Å². The van der Waals surface area contributed by atoms with E-state index in [9.17, 15) is 4.79 Å². The minimum atomic E-state index is 0.104. The minimum Gasteiger partial charge on any atom is -0.361 e. The highest BCUT2D eigenvalue weighted by Crippen LogP contribution is 2.30. The molecule has 144 valence electrons. The average molecular weight is 367 g/mol. The minimum absolute atomic E-state index is 0.104. The number of piperidine rings is 1. The van der Waals surface area contributed by atoms with Crippen molar-refractivity contribution >= 4 is 5.91 Å². The molecule has 1 aromatic heterocycles. The Balaban J connectivity index is 1.39. The van der Waals surface area contributed by atoms with Crippen LogP contribution in [0.3, 0.4) is 0 Å². The Kier molecular flexibility index (Phi) is 5.30. The lowest BCUT2D eigenvalue weighted by atomic mass is 9.94. The van der Waals surface area contributed by atoms with Crippen LogP contribution in [0.1, 0.15) is 46.6 Å². The van der Waals surface area contributed by atoms with Crippen LogP contribution in [0.4, 0.5) is 0 Å². The van der Waals surface area contributed by atoms with E-state index in [1.807, 2.05) is 13.8 Å². The number of aromatic nitrogens is 1. The van der Waals surface area contributed by atoms with Crippen molar-refractivity contribution in [2.24, 2.45) is 5.92 Å². The standard InChI is InChI=1S/C22H29N3O2/c1-16-21(17(2)27-23-16)22(26)25-14-19-10-11-20(25)15-24(13-19)12-6-9-18-7-4-3-5-8-18/h3-5,7-8,19-20H,6,9-15H2,1-2H3/t19-,20+/m0/s1. The van der Waals surface area contributed by atoms with Crippen LogP contribution in [0.15, 0.2) is 34.9 Å². The van der Waals surface area contributed by atoms with Gasteiger partial charge in [0.25, 0.3) is 5.91 Å². The predicted molar refractivity (Wildman–Crippen MR) is 105 cm³/mol. The topological polar surface area (TPSA) is 49.6 Å². The van der Waals surface area contributed by atoms with E-state index in [2.05, 4.69) is 45.3 Å². The summed E-state index contributed by atoms with van der Waals surface area (Å²) in [6.45, 7) is 7.75. The predicted octanol–water partition coefficient (Wildman–Crippen LogP) is 3.46. The van der Waals surface area contributed by atoms with Gasteiger partial charge >= 0.3 is 0 Å². The highest BCUT2D eigenvalue weighted by molar-refractivity contribution is 5.96. The summed E-state index contributed by atoms with van der Waals surface area (Å²) in [5.74, 6) is 1.31. The van der Waals surface area contributed by atoms with E-state index >= 15 is 0 Å². The molecule has 3 saturated heterocycles. The van der Waals surface area contributed by atoms with Gasteiger partial charge in [-0.25, -0.2) is 0 Å². The lowest BCUT2D eigenvalue weighted by molar-refractivity contribution is 0.0583. The molecule has 5 nitrogen and oxygen atoms in total. The zero-order chi connectivity index (χ0) is 18.8. The van der Waals surface area contributed by atoms with Crippen molar-refractivity contribution in [1.82, 2.24) is 15.0 Å². The quantitative estimate of drug-likeness (QED) is 0.812. The summed E-state index contributed by atoms with van der Waals surface area (Å²) >= 11 is 0. The molecular weight excluding hydrogens is 338 g/mol. The maximum atomic E-state index is 13.2. The smallest absolute Gasteiger partial charge is 0.259 e. The van der Waals surface area contributed by atoms with E-state index in [0.717, 1.165) is 39.0 Å². The Bertz CT molecular complexity index is 767. The van der Waals surface area contributed by atoms with E-state index in [1.54, 1.807) is 0 Å². The first-order valence-electron chi connectivity index (χ1n) is 10.1. The summed E-state index contributed by atoms with van der Waals surface area (Å²) in [4.78, 5) is 17.8. The van der Waals surface area contributed by atoms with Crippen LogP contribution in [0.5, 0.6) is 0 Å². The van der Waals surface area contributed by atoms with Gasteiger partial charge in [0.15, 0.2) is 0 Å². The molecule has 0 spiro atoms. The molecule has 0 unspecified atom stereocenters. The maximum Gasteiger partial charge on any atom is 0.259 e. The van der Waals surface area contributed by atoms with Crippen molar-refractivity contribution in [1.29, 1.82) is 0 Å². The number of rotatable bonds is 5. The van der Waals surface area contributed by atoms with Gasteiger partial charge in [-0.3, -0.25) is 4.79 Å². The molecule has 5 rings (SSSR count). The summed E-state index contributed by atoms with van der Waals surface area (Å²) in [6.07, 6.45) is 4.62. The van der Waals surface area contributed by atoms with E-state index in [0.29, 0.717) is 29.0 Å². The number of amides is 1. The number of nitrogens with zero attached hydrogens (tertiary/aromatic N) is 3. The second-order valence-corrected chi connectivity index (χ2v) is 8.10. The molecule has 3 aliphatic heterocycles. The third kappa shape index (κ3) is 3.93. The van der Waals surface area contributed by atoms with E-state index in [-0.39, 0.29) is 5.91 Å². The van der Waals surface area contributed by atoms with Crippen molar-refractivity contribution < 1.29 is 9.32 Å². The van der Waals surface area contributed by atoms with E-state index in [1.165, 1.54) is 18.4 Å². The Labute approximate surface area is 161 Å². The summed E-state index contributed by atoms with van der Waals surface area (Å²) in [5.41, 5.74) is 2.78. The van der Waals surface area contributed by atoms with Gasteiger partial charge < -0.3 is 14.3 Å². The van der Waals surface area contributed by atoms with E-state index < -0.39 is 0 Å². The van der Waals surface area contributed by atoms with Gasteiger partial charge in [0.1, 0.15) is 11.3 Å². The Morgan fingerprint density at radius 1 is 1.15 bits per heavy atom. The highest BCUT2D eigenvalue weighted by atomic mass is 16.5. The van der Waals surface area contributed by atoms with Crippen LogP contribution in [0.2, 0.25) is 0 Å². The molecule has 2 atom stereocenters. The molecule has 2 aromatic rings. The molecule has 3 fully saturated rings. The van der Waals surface area contributed by atoms with Crippen LogP contribution in [-0.4, -0.2) is 53.1 Å². The third-order valence-corrected chi connectivity index (χ3v) is 6.08. The van der Waals surface area contributed by atoms with E-state index in [4.69, 9.17) is 4.52 Å². The zero-order valence-corrected chi connectivity index (χ0v) is 16.4. The number of aryl methyl sites for hydroxylation is 3. The summed E-state index contributed by atoms with van der Waals surface area (Å²) in [5, 5.41) is 3.97. The molecule has 2 bridgehead atoms. The van der Waals surface area contributed by atoms with Gasteiger partial charge in [0.2, 0.25) is 0 Å². The molecule has 0 saturated carbocycles. The lowest BCUT2D eigenvalue weighted by Gasteiger charge is -2.36. The molecule has 0 radical (unpaired) electrons. The van der Waals surface area contributed by atoms with Gasteiger partial charge in [0.05, 0.1) is 5.69 Å². The van der Waals surface area contributed by atoms with Crippen molar-refractivity contribution in [3.05, 3.63) is 52.9 Å². The normalized spacial score (nSPS) is 22.8. The number of hydrogen-bond acceptors (Lipinski definition) is 4.